The lowest BCUT2D eigenvalue weighted by atomic mass is 10.0. The molecule has 0 spiro atoms. The van der Waals surface area contributed by atoms with Crippen molar-refractivity contribution in [2.75, 3.05) is 26.2 Å². The number of nitrogens with two attached hydrogens (primary N) is 6. The van der Waals surface area contributed by atoms with E-state index >= 15 is 0 Å². The summed E-state index contributed by atoms with van der Waals surface area (Å²) in [6.45, 7) is 2.90. The summed E-state index contributed by atoms with van der Waals surface area (Å²) in [7, 11) is 0. The summed E-state index contributed by atoms with van der Waals surface area (Å²) in [5, 5.41) is 11.9. The number of hydrogen-bond donors (Lipinski definition) is 10. The van der Waals surface area contributed by atoms with Crippen LogP contribution in [0.5, 0.6) is 5.75 Å². The minimum absolute atomic E-state index is 0.0125. The molecule has 1 aliphatic heterocycles. The highest BCUT2D eigenvalue weighted by Crippen LogP contribution is 2.32. The van der Waals surface area contributed by atoms with E-state index in [1.165, 1.54) is 0 Å². The third-order valence-electron chi connectivity index (χ3n) is 8.31. The van der Waals surface area contributed by atoms with Gasteiger partial charge in [0.25, 0.3) is 11.1 Å². The minimum atomic E-state index is -0.997. The van der Waals surface area contributed by atoms with Gasteiger partial charge in [0.1, 0.15) is 17.8 Å². The fraction of sp³-hybridized carbons (Fsp3) is 0.444. The van der Waals surface area contributed by atoms with Crippen molar-refractivity contribution in [3.8, 4) is 5.75 Å². The van der Waals surface area contributed by atoms with Gasteiger partial charge in [-0.2, -0.15) is 0 Å². The number of fused-ring (bicyclic) bond motifs is 1. The van der Waals surface area contributed by atoms with Gasteiger partial charge in [-0.05, 0) is 86.7 Å². The molecule has 3 atom stereocenters. The molecule has 2 unspecified atom stereocenters. The lowest BCUT2D eigenvalue weighted by Crippen LogP contribution is -2.54. The first-order valence-corrected chi connectivity index (χ1v) is 19.0. The summed E-state index contributed by atoms with van der Waals surface area (Å²) >= 11 is 0.840. The Morgan fingerprint density at radius 2 is 1.30 bits per heavy atom. The van der Waals surface area contributed by atoms with E-state index in [9.17, 15) is 24.0 Å². The number of hydrogen-bond acceptors (Lipinski definition) is 10. The van der Waals surface area contributed by atoms with Crippen LogP contribution in [0.3, 0.4) is 0 Å². The van der Waals surface area contributed by atoms with E-state index in [0.717, 1.165) is 28.1 Å². The predicted octanol–water partition coefficient (Wildman–Crippen LogP) is -0.0422. The normalized spacial score (nSPS) is 14.6. The third-order valence-corrected chi connectivity index (χ3v) is 9.12. The molecule has 0 aromatic heterocycles. The van der Waals surface area contributed by atoms with Gasteiger partial charge in [0.05, 0.1) is 11.5 Å². The fourth-order valence-electron chi connectivity index (χ4n) is 5.63. The average molecular weight is 796 g/mol. The zero-order valence-electron chi connectivity index (χ0n) is 31.4. The van der Waals surface area contributed by atoms with Gasteiger partial charge < -0.3 is 55.1 Å². The molecular weight excluding hydrogens is 743 g/mol. The number of nitrogens with zero attached hydrogens (tertiary/aromatic N) is 3. The maximum Gasteiger partial charge on any atom is 0.290 e. The summed E-state index contributed by atoms with van der Waals surface area (Å²) < 4.78 is 6.06. The third kappa shape index (κ3) is 15.7. The smallest absolute Gasteiger partial charge is 0.290 e. The Labute approximate surface area is 329 Å². The van der Waals surface area contributed by atoms with E-state index < -0.39 is 41.0 Å². The van der Waals surface area contributed by atoms with Crippen molar-refractivity contribution in [3.63, 3.8) is 0 Å². The Hall–Kier alpha value is -6.05. The lowest BCUT2D eigenvalue weighted by molar-refractivity contribution is -0.132. The van der Waals surface area contributed by atoms with Crippen LogP contribution in [-0.2, 0) is 19.2 Å². The van der Waals surface area contributed by atoms with Crippen molar-refractivity contribution >= 4 is 75.4 Å². The molecule has 2 aromatic carbocycles. The van der Waals surface area contributed by atoms with E-state index in [2.05, 4.69) is 36.2 Å². The highest BCUT2D eigenvalue weighted by Gasteiger charge is 2.28. The molecule has 1 saturated heterocycles. The first kappa shape index (κ1) is 44.3. The Morgan fingerprint density at radius 1 is 0.750 bits per heavy atom. The van der Waals surface area contributed by atoms with Crippen molar-refractivity contribution in [1.82, 2.24) is 21.3 Å². The van der Waals surface area contributed by atoms with Gasteiger partial charge in [-0.3, -0.25) is 44.3 Å². The van der Waals surface area contributed by atoms with E-state index in [4.69, 9.17) is 39.1 Å². The summed E-state index contributed by atoms with van der Waals surface area (Å²) in [4.78, 5) is 76.1. The van der Waals surface area contributed by atoms with Crippen LogP contribution in [0, 0.1) is 0 Å². The van der Waals surface area contributed by atoms with E-state index in [1.54, 1.807) is 18.2 Å². The zero-order valence-corrected chi connectivity index (χ0v) is 32.2. The second kappa shape index (κ2) is 23.0. The van der Waals surface area contributed by atoms with Crippen LogP contribution in [0.2, 0.25) is 0 Å². The summed E-state index contributed by atoms with van der Waals surface area (Å²) in [6.07, 6.45) is 4.42. The number of guanidine groups is 3. The molecule has 304 valence electrons. The quantitative estimate of drug-likeness (QED) is 0.0306. The molecule has 0 bridgehead atoms. The van der Waals surface area contributed by atoms with Crippen LogP contribution in [0.4, 0.5) is 4.79 Å². The molecule has 20 heteroatoms. The Balaban J connectivity index is 1.64. The number of rotatable bonds is 23. The predicted molar refractivity (Wildman–Crippen MR) is 219 cm³/mol. The van der Waals surface area contributed by atoms with Gasteiger partial charge in [-0.1, -0.05) is 30.3 Å². The molecule has 1 fully saturated rings. The molecule has 56 heavy (non-hydrogen) atoms. The molecule has 19 nitrogen and oxygen atoms in total. The number of ether oxygens (including phenoxy) is 1. The van der Waals surface area contributed by atoms with Crippen LogP contribution in [-0.4, -0.2) is 91.1 Å². The zero-order chi connectivity index (χ0) is 41.0. The fourth-order valence-corrected chi connectivity index (χ4v) is 6.30. The van der Waals surface area contributed by atoms with Crippen molar-refractivity contribution in [2.45, 2.75) is 76.4 Å². The maximum absolute atomic E-state index is 13.7. The largest absolute Gasteiger partial charge is 0.493 e. The van der Waals surface area contributed by atoms with Gasteiger partial charge in [0.2, 0.25) is 17.7 Å². The molecule has 2 aromatic rings. The van der Waals surface area contributed by atoms with Crippen molar-refractivity contribution in [3.05, 3.63) is 46.9 Å². The molecule has 0 radical (unpaired) electrons. The van der Waals surface area contributed by atoms with Crippen LogP contribution in [0.1, 0.15) is 63.9 Å². The van der Waals surface area contributed by atoms with Crippen LogP contribution < -0.4 is 60.4 Å². The number of carbonyl (C=O) groups excluding carboxylic acids is 5. The summed E-state index contributed by atoms with van der Waals surface area (Å²) in [5.74, 6) is -1.43. The van der Waals surface area contributed by atoms with E-state index in [1.807, 2.05) is 31.2 Å². The Bertz CT molecular complexity index is 1820. The number of benzene rings is 2. The van der Waals surface area contributed by atoms with E-state index in [-0.39, 0.29) is 62.9 Å². The number of aliphatic imine (C=N–C) groups is 3. The summed E-state index contributed by atoms with van der Waals surface area (Å²) in [5.41, 5.74) is 33.3. The van der Waals surface area contributed by atoms with Crippen LogP contribution >= 0.6 is 11.8 Å². The number of amides is 5. The molecule has 3 rings (SSSR count). The minimum Gasteiger partial charge on any atom is -0.493 e. The Kier molecular flexibility index (Phi) is 18.2. The van der Waals surface area contributed by atoms with E-state index in [0.29, 0.717) is 49.3 Å². The molecule has 0 saturated carbocycles. The van der Waals surface area contributed by atoms with Gasteiger partial charge in [0, 0.05) is 37.5 Å². The molecule has 1 heterocycles. The molecule has 16 N–H and O–H groups in total. The first-order chi connectivity index (χ1) is 26.7. The topological polar surface area (TPSA) is 336 Å². The van der Waals surface area contributed by atoms with Gasteiger partial charge >= 0.3 is 0 Å². The number of nitrogens with one attached hydrogen (secondary N) is 4. The maximum atomic E-state index is 13.7. The standard InChI is InChI=1S/C36H53N13O6S/c1-21(8-4-16-43-33(37)38)46-30(51)26(12-6-18-45-35(41)42)48-31(52)25(11-5-17-44-34(39)40)47-29(50)13-7-19-55-27-15-14-22(23-9-2-3-10-24(23)27)20-28-32(53)49-36(54)56-28/h2-3,9-10,14-15,20-21,25-26H,4-8,11-13,16-19H2,1H3,(H,46,51)(H,47,50)(H,48,52)(H4,37,38,43)(H4,39,40,44)(H4,41,42,45)(H,49,53,54)/b28-20-/t21?,25?,26-/m0/s1. The Morgan fingerprint density at radius 3 is 1.88 bits per heavy atom. The number of carbonyl (C=O) groups is 5. The van der Waals surface area contributed by atoms with Gasteiger partial charge in [0.15, 0.2) is 17.9 Å². The highest BCUT2D eigenvalue weighted by molar-refractivity contribution is 8.18. The monoisotopic (exact) mass is 795 g/mol. The number of thioether (sulfide) groups is 1. The molecule has 0 aliphatic carbocycles. The second-order valence-electron chi connectivity index (χ2n) is 12.9. The lowest BCUT2D eigenvalue weighted by Gasteiger charge is -2.24. The highest BCUT2D eigenvalue weighted by atomic mass is 32.2. The molecule has 5 amide bonds. The van der Waals surface area contributed by atoms with Crippen molar-refractivity contribution in [2.24, 2.45) is 49.4 Å². The van der Waals surface area contributed by atoms with Crippen LogP contribution in [0.25, 0.3) is 16.8 Å². The van der Waals surface area contributed by atoms with Gasteiger partial charge in [-0.25, -0.2) is 0 Å². The average Bonchev–Trinajstić information content (AvgIpc) is 3.46. The van der Waals surface area contributed by atoms with Crippen molar-refractivity contribution in [1.29, 1.82) is 0 Å². The molecular formula is C36H53N13O6S. The van der Waals surface area contributed by atoms with Gasteiger partial charge in [-0.15, -0.1) is 0 Å². The van der Waals surface area contributed by atoms with Crippen molar-refractivity contribution < 1.29 is 28.7 Å². The summed E-state index contributed by atoms with van der Waals surface area (Å²) in [6, 6.07) is 8.85. The second-order valence-corrected chi connectivity index (χ2v) is 14.0. The number of imide groups is 1. The molecule has 1 aliphatic rings. The van der Waals surface area contributed by atoms with Crippen LogP contribution in [0.15, 0.2) is 56.3 Å². The first-order valence-electron chi connectivity index (χ1n) is 18.2. The SMILES string of the molecule is CC(CCCN=C(N)N)NC(=O)[C@H](CCCN=C(N)N)NC(=O)C(CCCN=C(N)N)NC(=O)CCCOc1ccc(/C=C2\SC(=O)NC2=O)c2ccccc12.